The molecular weight excluding hydrogens is 274 g/mol. The van der Waals surface area contributed by atoms with E-state index in [4.69, 9.17) is 0 Å². The third-order valence-corrected chi connectivity index (χ3v) is 3.29. The highest BCUT2D eigenvalue weighted by Crippen LogP contribution is 2.27. The van der Waals surface area contributed by atoms with Crippen LogP contribution in [0.25, 0.3) is 11.4 Å². The molecule has 3 aromatic rings. The fourth-order valence-electron chi connectivity index (χ4n) is 2.29. The molecule has 110 valence electrons. The highest BCUT2D eigenvalue weighted by molar-refractivity contribution is 5.66. The molecule has 0 saturated carbocycles. The van der Waals surface area contributed by atoms with Crippen molar-refractivity contribution in [2.75, 3.05) is 5.32 Å². The largest absolute Gasteiger partial charge is 0.507 e. The summed E-state index contributed by atoms with van der Waals surface area (Å²) in [6.45, 7) is 3.95. The third kappa shape index (κ3) is 3.06. The topological polar surface area (TPSA) is 58.0 Å². The van der Waals surface area contributed by atoms with Crippen molar-refractivity contribution in [1.29, 1.82) is 0 Å². The number of para-hydroxylation sites is 1. The van der Waals surface area contributed by atoms with Crippen LogP contribution >= 0.6 is 0 Å². The van der Waals surface area contributed by atoms with Gasteiger partial charge in [-0.25, -0.2) is 9.97 Å². The molecule has 0 aliphatic carbocycles. The summed E-state index contributed by atoms with van der Waals surface area (Å²) in [5.74, 6) is 1.39. The summed E-state index contributed by atoms with van der Waals surface area (Å²) in [5.41, 5.74) is 3.61. The van der Waals surface area contributed by atoms with E-state index in [0.29, 0.717) is 17.2 Å². The van der Waals surface area contributed by atoms with Crippen molar-refractivity contribution < 1.29 is 5.11 Å². The van der Waals surface area contributed by atoms with Crippen molar-refractivity contribution >= 4 is 11.5 Å². The molecule has 4 nitrogen and oxygen atoms in total. The zero-order valence-corrected chi connectivity index (χ0v) is 12.5. The van der Waals surface area contributed by atoms with E-state index in [1.165, 1.54) is 5.56 Å². The lowest BCUT2D eigenvalue weighted by Crippen LogP contribution is -1.99. The first kappa shape index (κ1) is 14.1. The molecular formula is C18H17N3O. The molecule has 0 fully saturated rings. The van der Waals surface area contributed by atoms with Crippen molar-refractivity contribution in [3.8, 4) is 17.1 Å². The minimum absolute atomic E-state index is 0.176. The first-order valence-electron chi connectivity index (χ1n) is 7.09. The summed E-state index contributed by atoms with van der Waals surface area (Å²) in [5, 5.41) is 13.3. The van der Waals surface area contributed by atoms with Crippen LogP contribution in [0.15, 0.2) is 54.6 Å². The fraction of sp³-hybridized carbons (Fsp3) is 0.111. The monoisotopic (exact) mass is 291 g/mol. The van der Waals surface area contributed by atoms with Crippen LogP contribution in [-0.4, -0.2) is 15.1 Å². The second-order valence-corrected chi connectivity index (χ2v) is 5.23. The Morgan fingerprint density at radius 1 is 0.909 bits per heavy atom. The Morgan fingerprint density at radius 3 is 2.50 bits per heavy atom. The summed E-state index contributed by atoms with van der Waals surface area (Å²) in [6, 6.07) is 17.0. The van der Waals surface area contributed by atoms with Gasteiger partial charge in [-0.3, -0.25) is 0 Å². The molecule has 3 rings (SSSR count). The molecule has 2 aromatic carbocycles. The maximum Gasteiger partial charge on any atom is 0.165 e. The highest BCUT2D eigenvalue weighted by Gasteiger charge is 2.09. The number of aryl methyl sites for hydroxylation is 2. The Labute approximate surface area is 129 Å². The van der Waals surface area contributed by atoms with E-state index in [2.05, 4.69) is 21.4 Å². The molecule has 0 bridgehead atoms. The van der Waals surface area contributed by atoms with Crippen LogP contribution in [0.4, 0.5) is 11.5 Å². The van der Waals surface area contributed by atoms with Crippen LogP contribution in [0.3, 0.4) is 0 Å². The first-order valence-corrected chi connectivity index (χ1v) is 7.09. The average Bonchev–Trinajstić information content (AvgIpc) is 2.47. The zero-order chi connectivity index (χ0) is 15.5. The van der Waals surface area contributed by atoms with Gasteiger partial charge >= 0.3 is 0 Å². The van der Waals surface area contributed by atoms with E-state index >= 15 is 0 Å². The van der Waals surface area contributed by atoms with Gasteiger partial charge in [0.2, 0.25) is 0 Å². The highest BCUT2D eigenvalue weighted by atomic mass is 16.3. The van der Waals surface area contributed by atoms with Crippen molar-refractivity contribution in [2.45, 2.75) is 13.8 Å². The Hall–Kier alpha value is -2.88. The summed E-state index contributed by atoms with van der Waals surface area (Å²) < 4.78 is 0. The van der Waals surface area contributed by atoms with Gasteiger partial charge in [0.1, 0.15) is 11.6 Å². The SMILES string of the molecule is Cc1cccc(Nc2cc(C)nc(-c3ccccc3O)n2)c1. The maximum atomic E-state index is 9.97. The predicted molar refractivity (Wildman–Crippen MR) is 88.3 cm³/mol. The number of aromatic hydroxyl groups is 1. The normalized spacial score (nSPS) is 10.5. The van der Waals surface area contributed by atoms with Crippen molar-refractivity contribution in [3.63, 3.8) is 0 Å². The molecule has 0 unspecified atom stereocenters. The number of phenols is 1. The molecule has 0 atom stereocenters. The van der Waals surface area contributed by atoms with Crippen LogP contribution in [0.5, 0.6) is 5.75 Å². The molecule has 0 amide bonds. The Bertz CT molecular complexity index is 815. The molecule has 0 saturated heterocycles. The van der Waals surface area contributed by atoms with Crippen molar-refractivity contribution in [2.24, 2.45) is 0 Å². The number of phenolic OH excluding ortho intramolecular Hbond substituents is 1. The van der Waals surface area contributed by atoms with Gasteiger partial charge in [0.15, 0.2) is 5.82 Å². The molecule has 0 aliphatic rings. The third-order valence-electron chi connectivity index (χ3n) is 3.29. The summed E-state index contributed by atoms with van der Waals surface area (Å²) >= 11 is 0. The molecule has 1 aromatic heterocycles. The number of rotatable bonds is 3. The molecule has 2 N–H and O–H groups in total. The van der Waals surface area contributed by atoms with Crippen LogP contribution in [0, 0.1) is 13.8 Å². The number of benzene rings is 2. The van der Waals surface area contributed by atoms with Crippen molar-refractivity contribution in [3.05, 3.63) is 65.9 Å². The molecule has 0 radical (unpaired) electrons. The van der Waals surface area contributed by atoms with Gasteiger partial charge in [0, 0.05) is 17.4 Å². The number of nitrogens with one attached hydrogen (secondary N) is 1. The van der Waals surface area contributed by atoms with Crippen LogP contribution < -0.4 is 5.32 Å². The molecule has 1 heterocycles. The van der Waals surface area contributed by atoms with Crippen LogP contribution in [0.1, 0.15) is 11.3 Å². The van der Waals surface area contributed by atoms with E-state index in [9.17, 15) is 5.11 Å². The van der Waals surface area contributed by atoms with Crippen molar-refractivity contribution in [1.82, 2.24) is 9.97 Å². The van der Waals surface area contributed by atoms with Gasteiger partial charge in [0.05, 0.1) is 5.56 Å². The second-order valence-electron chi connectivity index (χ2n) is 5.23. The first-order chi connectivity index (χ1) is 10.6. The number of anilines is 2. The van der Waals surface area contributed by atoms with Gasteiger partial charge in [-0.2, -0.15) is 0 Å². The van der Waals surface area contributed by atoms with E-state index in [1.807, 2.05) is 44.2 Å². The average molecular weight is 291 g/mol. The van der Waals surface area contributed by atoms with E-state index in [0.717, 1.165) is 11.4 Å². The summed E-state index contributed by atoms with van der Waals surface area (Å²) in [4.78, 5) is 8.92. The van der Waals surface area contributed by atoms with E-state index < -0.39 is 0 Å². The number of hydrogen-bond acceptors (Lipinski definition) is 4. The molecule has 4 heteroatoms. The lowest BCUT2D eigenvalue weighted by atomic mass is 10.2. The molecule has 22 heavy (non-hydrogen) atoms. The maximum absolute atomic E-state index is 9.97. The molecule has 0 spiro atoms. The van der Waals surface area contributed by atoms with Crippen LogP contribution in [-0.2, 0) is 0 Å². The number of hydrogen-bond donors (Lipinski definition) is 2. The number of nitrogens with zero attached hydrogens (tertiary/aromatic N) is 2. The second kappa shape index (κ2) is 5.85. The minimum atomic E-state index is 0.176. The predicted octanol–water partition coefficient (Wildman–Crippen LogP) is 4.21. The number of aromatic nitrogens is 2. The lowest BCUT2D eigenvalue weighted by molar-refractivity contribution is 0.477. The van der Waals surface area contributed by atoms with Crippen LogP contribution in [0.2, 0.25) is 0 Å². The summed E-state index contributed by atoms with van der Waals surface area (Å²) in [6.07, 6.45) is 0. The van der Waals surface area contributed by atoms with Gasteiger partial charge in [-0.15, -0.1) is 0 Å². The van der Waals surface area contributed by atoms with Gasteiger partial charge in [-0.05, 0) is 43.7 Å². The zero-order valence-electron chi connectivity index (χ0n) is 12.5. The Morgan fingerprint density at radius 2 is 1.73 bits per heavy atom. The Balaban J connectivity index is 1.98. The smallest absolute Gasteiger partial charge is 0.165 e. The standard InChI is InChI=1S/C18H17N3O/c1-12-6-5-7-14(10-12)20-17-11-13(2)19-18(21-17)15-8-3-4-9-16(15)22/h3-11,22H,1-2H3,(H,19,20,21). The van der Waals surface area contributed by atoms with Gasteiger partial charge in [0.25, 0.3) is 0 Å². The van der Waals surface area contributed by atoms with Gasteiger partial charge < -0.3 is 10.4 Å². The minimum Gasteiger partial charge on any atom is -0.507 e. The summed E-state index contributed by atoms with van der Waals surface area (Å²) in [7, 11) is 0. The lowest BCUT2D eigenvalue weighted by Gasteiger charge is -2.10. The van der Waals surface area contributed by atoms with E-state index in [-0.39, 0.29) is 5.75 Å². The molecule has 0 aliphatic heterocycles. The van der Waals surface area contributed by atoms with E-state index in [1.54, 1.807) is 18.2 Å². The van der Waals surface area contributed by atoms with Gasteiger partial charge in [-0.1, -0.05) is 24.3 Å². The Kier molecular flexibility index (Phi) is 3.74. The quantitative estimate of drug-likeness (QED) is 0.759. The fourth-order valence-corrected chi connectivity index (χ4v) is 2.29.